The Morgan fingerprint density at radius 3 is 2.34 bits per heavy atom. The van der Waals surface area contributed by atoms with Crippen LogP contribution in [-0.4, -0.2) is 56.6 Å². The van der Waals surface area contributed by atoms with Crippen molar-refractivity contribution in [1.82, 2.24) is 4.90 Å². The van der Waals surface area contributed by atoms with Crippen molar-refractivity contribution in [2.75, 3.05) is 35.8 Å². The molecule has 2 N–H and O–H groups in total. The molecule has 8 heteroatoms. The van der Waals surface area contributed by atoms with E-state index in [4.69, 9.17) is 0 Å². The van der Waals surface area contributed by atoms with Crippen LogP contribution in [0.5, 0.6) is 0 Å². The minimum Gasteiger partial charge on any atom is -0.478 e. The first-order valence-corrected chi connectivity index (χ1v) is 12.8. The number of rotatable bonds is 6. The van der Waals surface area contributed by atoms with Crippen LogP contribution in [0, 0.1) is 6.92 Å². The molecule has 0 saturated carbocycles. The van der Waals surface area contributed by atoms with Crippen molar-refractivity contribution in [3.63, 3.8) is 0 Å². The van der Waals surface area contributed by atoms with E-state index in [-0.39, 0.29) is 16.1 Å². The predicted molar refractivity (Wildman–Crippen MR) is 126 cm³/mol. The van der Waals surface area contributed by atoms with Crippen molar-refractivity contribution in [1.29, 1.82) is 0 Å². The van der Waals surface area contributed by atoms with Crippen LogP contribution in [-0.2, 0) is 10.0 Å². The molecule has 2 aliphatic heterocycles. The second-order valence-electron chi connectivity index (χ2n) is 8.72. The van der Waals surface area contributed by atoms with Gasteiger partial charge in [-0.05, 0) is 75.5 Å². The Kier molecular flexibility index (Phi) is 6.71. The number of nitrogens with zero attached hydrogens (tertiary/aromatic N) is 2. The van der Waals surface area contributed by atoms with E-state index < -0.39 is 16.0 Å². The fraction of sp³-hybridized carbons (Fsp3) is 0.458. The molecule has 2 aromatic carbocycles. The summed E-state index contributed by atoms with van der Waals surface area (Å²) in [6.45, 7) is 5.67. The highest BCUT2D eigenvalue weighted by atomic mass is 32.2. The lowest BCUT2D eigenvalue weighted by atomic mass is 9.98. The summed E-state index contributed by atoms with van der Waals surface area (Å²) in [5, 5.41) is 9.82. The van der Waals surface area contributed by atoms with E-state index in [1.165, 1.54) is 44.5 Å². The van der Waals surface area contributed by atoms with Crippen LogP contribution in [0.25, 0.3) is 0 Å². The minimum absolute atomic E-state index is 0.117. The number of hydrogen-bond donors (Lipinski definition) is 2. The summed E-state index contributed by atoms with van der Waals surface area (Å²) >= 11 is 0. The molecule has 2 aliphatic rings. The van der Waals surface area contributed by atoms with Crippen molar-refractivity contribution in [2.24, 2.45) is 0 Å². The van der Waals surface area contributed by atoms with Crippen molar-refractivity contribution in [2.45, 2.75) is 50.0 Å². The van der Waals surface area contributed by atoms with E-state index in [1.807, 2.05) is 0 Å². The van der Waals surface area contributed by atoms with Crippen LogP contribution in [0.4, 0.5) is 11.4 Å². The molecule has 4 rings (SSSR count). The Hall–Kier alpha value is -2.58. The number of aryl methyl sites for hydroxylation is 1. The second-order valence-corrected chi connectivity index (χ2v) is 10.4. The van der Waals surface area contributed by atoms with Crippen LogP contribution in [0.15, 0.2) is 47.4 Å². The molecule has 0 unspecified atom stereocenters. The third-order valence-electron chi connectivity index (χ3n) is 6.57. The Morgan fingerprint density at radius 2 is 1.69 bits per heavy atom. The van der Waals surface area contributed by atoms with Crippen LogP contribution in [0.2, 0.25) is 0 Å². The first kappa shape index (κ1) is 22.6. The molecule has 2 fully saturated rings. The molecular weight excluding hydrogens is 426 g/mol. The molecular formula is C24H31N3O4S. The van der Waals surface area contributed by atoms with Gasteiger partial charge >= 0.3 is 5.97 Å². The Bertz CT molecular complexity index is 1070. The predicted octanol–water partition coefficient (Wildman–Crippen LogP) is 3.95. The van der Waals surface area contributed by atoms with E-state index in [0.717, 1.165) is 25.9 Å². The normalized spacial score (nSPS) is 18.5. The number of likely N-dealkylation sites (tertiary alicyclic amines) is 1. The first-order valence-electron chi connectivity index (χ1n) is 11.3. The number of anilines is 2. The van der Waals surface area contributed by atoms with E-state index in [1.54, 1.807) is 37.3 Å². The first-order chi connectivity index (χ1) is 15.3. The maximum atomic E-state index is 12.8. The van der Waals surface area contributed by atoms with E-state index in [2.05, 4.69) is 14.5 Å². The summed E-state index contributed by atoms with van der Waals surface area (Å²) < 4.78 is 28.1. The Labute approximate surface area is 190 Å². The van der Waals surface area contributed by atoms with E-state index >= 15 is 0 Å². The van der Waals surface area contributed by atoms with Crippen molar-refractivity contribution in [3.05, 3.63) is 53.6 Å². The highest BCUT2D eigenvalue weighted by molar-refractivity contribution is 7.92. The number of carboxylic acids is 1. The Balaban J connectivity index is 1.50. The zero-order valence-corrected chi connectivity index (χ0v) is 19.3. The maximum Gasteiger partial charge on any atom is 0.337 e. The highest BCUT2D eigenvalue weighted by Crippen LogP contribution is 2.30. The van der Waals surface area contributed by atoms with Crippen LogP contribution < -0.4 is 9.62 Å². The summed E-state index contributed by atoms with van der Waals surface area (Å²) in [6.07, 6.45) is 5.88. The molecule has 2 heterocycles. The van der Waals surface area contributed by atoms with Gasteiger partial charge in [0.05, 0.1) is 16.1 Å². The molecule has 32 heavy (non-hydrogen) atoms. The quantitative estimate of drug-likeness (QED) is 0.683. The van der Waals surface area contributed by atoms with Crippen LogP contribution in [0.3, 0.4) is 0 Å². The summed E-state index contributed by atoms with van der Waals surface area (Å²) in [4.78, 5) is 16.9. The van der Waals surface area contributed by atoms with Gasteiger partial charge in [-0.1, -0.05) is 24.6 Å². The third-order valence-corrected chi connectivity index (χ3v) is 8.12. The van der Waals surface area contributed by atoms with Crippen molar-refractivity contribution in [3.8, 4) is 0 Å². The van der Waals surface area contributed by atoms with Gasteiger partial charge in [-0.3, -0.25) is 4.72 Å². The fourth-order valence-electron chi connectivity index (χ4n) is 4.87. The van der Waals surface area contributed by atoms with Gasteiger partial charge in [0.15, 0.2) is 0 Å². The zero-order valence-electron chi connectivity index (χ0n) is 18.5. The molecule has 0 atom stereocenters. The number of piperidine rings is 2. The van der Waals surface area contributed by atoms with Gasteiger partial charge in [-0.2, -0.15) is 0 Å². The van der Waals surface area contributed by atoms with Gasteiger partial charge < -0.3 is 14.9 Å². The summed E-state index contributed by atoms with van der Waals surface area (Å²) in [5.74, 6) is -1.06. The molecule has 172 valence electrons. The lowest BCUT2D eigenvalue weighted by Gasteiger charge is -2.41. The maximum absolute atomic E-state index is 12.8. The zero-order chi connectivity index (χ0) is 22.7. The number of nitrogens with one attached hydrogen (secondary N) is 1. The average Bonchev–Trinajstić information content (AvgIpc) is 2.79. The lowest BCUT2D eigenvalue weighted by Crippen LogP contribution is -2.47. The third kappa shape index (κ3) is 4.91. The summed E-state index contributed by atoms with van der Waals surface area (Å²) in [7, 11) is -3.81. The SMILES string of the molecule is Cc1ccccc1S(=O)(=O)Nc1ccc(N2CCC(N3CCCCC3)CC2)c(C(=O)O)c1. The van der Waals surface area contributed by atoms with E-state index in [9.17, 15) is 18.3 Å². The fourth-order valence-corrected chi connectivity index (χ4v) is 6.17. The highest BCUT2D eigenvalue weighted by Gasteiger charge is 2.28. The van der Waals surface area contributed by atoms with Gasteiger partial charge in [0.1, 0.15) is 0 Å². The largest absolute Gasteiger partial charge is 0.478 e. The molecule has 7 nitrogen and oxygen atoms in total. The van der Waals surface area contributed by atoms with Crippen LogP contribution >= 0.6 is 0 Å². The van der Waals surface area contributed by atoms with Gasteiger partial charge in [0.25, 0.3) is 10.0 Å². The molecule has 0 radical (unpaired) electrons. The minimum atomic E-state index is -3.81. The summed E-state index contributed by atoms with van der Waals surface area (Å²) in [5.41, 5.74) is 1.64. The van der Waals surface area contributed by atoms with Gasteiger partial charge in [-0.15, -0.1) is 0 Å². The number of sulfonamides is 1. The Morgan fingerprint density at radius 1 is 1.00 bits per heavy atom. The van der Waals surface area contributed by atoms with Gasteiger partial charge in [0.2, 0.25) is 0 Å². The second kappa shape index (κ2) is 9.50. The molecule has 0 amide bonds. The number of benzene rings is 2. The number of hydrogen-bond acceptors (Lipinski definition) is 5. The van der Waals surface area contributed by atoms with Crippen molar-refractivity contribution >= 4 is 27.4 Å². The topological polar surface area (TPSA) is 90.0 Å². The molecule has 0 aromatic heterocycles. The molecule has 2 saturated heterocycles. The van der Waals surface area contributed by atoms with Crippen molar-refractivity contribution < 1.29 is 18.3 Å². The molecule has 0 spiro atoms. The van der Waals surface area contributed by atoms with Crippen LogP contribution in [0.1, 0.15) is 48.0 Å². The number of carboxylic acid groups (broad SMARTS) is 1. The average molecular weight is 458 g/mol. The van der Waals surface area contributed by atoms with E-state index in [0.29, 0.717) is 17.3 Å². The lowest BCUT2D eigenvalue weighted by molar-refractivity contribution is 0.0697. The number of aromatic carboxylic acids is 1. The summed E-state index contributed by atoms with van der Waals surface area (Å²) in [6, 6.07) is 12.1. The molecule has 0 aliphatic carbocycles. The standard InChI is InChI=1S/C24H31N3O4S/c1-18-7-3-4-8-23(18)32(30,31)25-19-9-10-22(21(17-19)24(28)29)27-15-11-20(12-16-27)26-13-5-2-6-14-26/h3-4,7-10,17,20,25H,2,5-6,11-16H2,1H3,(H,28,29). The molecule has 2 aromatic rings. The van der Waals surface area contributed by atoms with Gasteiger partial charge in [-0.25, -0.2) is 13.2 Å². The monoisotopic (exact) mass is 457 g/mol. The number of carbonyl (C=O) groups is 1. The van der Waals surface area contributed by atoms with Gasteiger partial charge in [0, 0.05) is 24.8 Å². The molecule has 0 bridgehead atoms. The smallest absolute Gasteiger partial charge is 0.337 e.